The fourth-order valence-electron chi connectivity index (χ4n) is 2.16. The zero-order valence-electron chi connectivity index (χ0n) is 11.0. The number of nitrogens with zero attached hydrogens (tertiary/aromatic N) is 1. The lowest BCUT2D eigenvalue weighted by Gasteiger charge is -2.09. The van der Waals surface area contributed by atoms with E-state index >= 15 is 0 Å². The number of amides is 1. The van der Waals surface area contributed by atoms with E-state index in [0.717, 1.165) is 16.8 Å². The summed E-state index contributed by atoms with van der Waals surface area (Å²) in [6, 6.07) is 11.1. The highest BCUT2D eigenvalue weighted by Crippen LogP contribution is 2.23. The van der Waals surface area contributed by atoms with Crippen molar-refractivity contribution in [2.75, 3.05) is 11.1 Å². The predicted molar refractivity (Wildman–Crippen MR) is 80.5 cm³/mol. The van der Waals surface area contributed by atoms with Crippen LogP contribution >= 0.6 is 0 Å². The fraction of sp³-hybridized carbons (Fsp3) is 0. The number of halogens is 1. The number of hydrogen-bond acceptors (Lipinski definition) is 3. The summed E-state index contributed by atoms with van der Waals surface area (Å²) >= 11 is 0. The molecule has 4 nitrogen and oxygen atoms in total. The summed E-state index contributed by atoms with van der Waals surface area (Å²) in [5, 5.41) is 4.53. The van der Waals surface area contributed by atoms with E-state index in [1.807, 2.05) is 18.2 Å². The number of carbonyl (C=O) groups excluding carboxylic acids is 1. The van der Waals surface area contributed by atoms with Crippen molar-refractivity contribution in [3.63, 3.8) is 0 Å². The normalized spacial score (nSPS) is 10.5. The Morgan fingerprint density at radius 2 is 2.05 bits per heavy atom. The van der Waals surface area contributed by atoms with Crippen LogP contribution in [0.5, 0.6) is 0 Å². The Morgan fingerprint density at radius 3 is 2.86 bits per heavy atom. The van der Waals surface area contributed by atoms with Crippen molar-refractivity contribution < 1.29 is 9.18 Å². The second-order valence-corrected chi connectivity index (χ2v) is 4.63. The van der Waals surface area contributed by atoms with Gasteiger partial charge in [-0.05, 0) is 35.7 Å². The number of benzene rings is 2. The molecule has 0 fully saturated rings. The molecule has 21 heavy (non-hydrogen) atoms. The second kappa shape index (κ2) is 5.20. The van der Waals surface area contributed by atoms with Crippen LogP contribution in [0, 0.1) is 5.82 Å². The standard InChI is InChI=1S/C16H12FN3O/c17-12-6-11(7-13(18)8-12)16(21)20-15-3-1-2-10-4-5-19-9-14(10)15/h1-9H,18H2,(H,20,21). The molecule has 1 heterocycles. The van der Waals surface area contributed by atoms with Crippen LogP contribution in [-0.4, -0.2) is 10.9 Å². The van der Waals surface area contributed by atoms with E-state index in [-0.39, 0.29) is 11.3 Å². The van der Waals surface area contributed by atoms with Crippen molar-refractivity contribution >= 4 is 28.1 Å². The molecule has 0 saturated carbocycles. The van der Waals surface area contributed by atoms with Crippen molar-refractivity contribution in [1.29, 1.82) is 0 Å². The molecule has 5 heteroatoms. The zero-order chi connectivity index (χ0) is 14.8. The van der Waals surface area contributed by atoms with Gasteiger partial charge < -0.3 is 11.1 Å². The van der Waals surface area contributed by atoms with Gasteiger partial charge in [-0.2, -0.15) is 0 Å². The van der Waals surface area contributed by atoms with Crippen molar-refractivity contribution in [2.24, 2.45) is 0 Å². The van der Waals surface area contributed by atoms with E-state index in [0.29, 0.717) is 5.69 Å². The Kier molecular flexibility index (Phi) is 3.23. The second-order valence-electron chi connectivity index (χ2n) is 4.63. The maximum Gasteiger partial charge on any atom is 0.255 e. The lowest BCUT2D eigenvalue weighted by atomic mass is 10.1. The van der Waals surface area contributed by atoms with Gasteiger partial charge in [0.15, 0.2) is 0 Å². The van der Waals surface area contributed by atoms with Gasteiger partial charge in [-0.1, -0.05) is 12.1 Å². The highest BCUT2D eigenvalue weighted by molar-refractivity contribution is 6.09. The summed E-state index contributed by atoms with van der Waals surface area (Å²) in [7, 11) is 0. The van der Waals surface area contributed by atoms with E-state index < -0.39 is 11.7 Å². The van der Waals surface area contributed by atoms with Crippen molar-refractivity contribution in [3.8, 4) is 0 Å². The van der Waals surface area contributed by atoms with Gasteiger partial charge in [-0.25, -0.2) is 4.39 Å². The lowest BCUT2D eigenvalue weighted by molar-refractivity contribution is 0.102. The molecule has 0 radical (unpaired) electrons. The first kappa shape index (κ1) is 13.1. The Bertz CT molecular complexity index is 807. The molecule has 0 spiro atoms. The highest BCUT2D eigenvalue weighted by atomic mass is 19.1. The minimum absolute atomic E-state index is 0.174. The third-order valence-electron chi connectivity index (χ3n) is 3.11. The van der Waals surface area contributed by atoms with Crippen LogP contribution in [0.3, 0.4) is 0 Å². The molecule has 0 unspecified atom stereocenters. The molecule has 0 aliphatic heterocycles. The van der Waals surface area contributed by atoms with Gasteiger partial charge >= 0.3 is 0 Å². The van der Waals surface area contributed by atoms with Gasteiger partial charge in [-0.3, -0.25) is 9.78 Å². The lowest BCUT2D eigenvalue weighted by Crippen LogP contribution is -2.13. The van der Waals surface area contributed by atoms with Gasteiger partial charge in [0.2, 0.25) is 0 Å². The molecule has 0 atom stereocenters. The molecule has 1 aromatic heterocycles. The number of fused-ring (bicyclic) bond motifs is 1. The number of nitrogens with two attached hydrogens (primary N) is 1. The van der Waals surface area contributed by atoms with Crippen LogP contribution in [0.25, 0.3) is 10.8 Å². The molecule has 3 N–H and O–H groups in total. The molecule has 3 rings (SSSR count). The molecule has 0 saturated heterocycles. The summed E-state index contributed by atoms with van der Waals surface area (Å²) in [4.78, 5) is 16.3. The van der Waals surface area contributed by atoms with Crippen LogP contribution < -0.4 is 11.1 Å². The topological polar surface area (TPSA) is 68.0 Å². The highest BCUT2D eigenvalue weighted by Gasteiger charge is 2.10. The number of anilines is 2. The largest absolute Gasteiger partial charge is 0.399 e. The van der Waals surface area contributed by atoms with Crippen LogP contribution in [0.1, 0.15) is 10.4 Å². The summed E-state index contributed by atoms with van der Waals surface area (Å²) in [6.45, 7) is 0. The van der Waals surface area contributed by atoms with Crippen molar-refractivity contribution in [1.82, 2.24) is 4.98 Å². The Hall–Kier alpha value is -2.95. The molecule has 0 bridgehead atoms. The first-order valence-electron chi connectivity index (χ1n) is 6.33. The van der Waals surface area contributed by atoms with E-state index in [1.165, 1.54) is 12.1 Å². The van der Waals surface area contributed by atoms with E-state index in [4.69, 9.17) is 5.73 Å². The van der Waals surface area contributed by atoms with Gasteiger partial charge in [0, 0.05) is 29.0 Å². The fourth-order valence-corrected chi connectivity index (χ4v) is 2.16. The third kappa shape index (κ3) is 2.67. The predicted octanol–water partition coefficient (Wildman–Crippen LogP) is 3.21. The Labute approximate surface area is 120 Å². The number of nitrogens with one attached hydrogen (secondary N) is 1. The van der Waals surface area contributed by atoms with Crippen LogP contribution in [0.4, 0.5) is 15.8 Å². The molecule has 0 aliphatic rings. The molecule has 0 aliphatic carbocycles. The number of aromatic nitrogens is 1. The minimum atomic E-state index is -0.542. The van der Waals surface area contributed by atoms with Crippen molar-refractivity contribution in [3.05, 3.63) is 66.2 Å². The first-order valence-corrected chi connectivity index (χ1v) is 6.33. The summed E-state index contributed by atoms with van der Waals surface area (Å²) in [6.07, 6.45) is 3.35. The maximum absolute atomic E-state index is 13.3. The first-order chi connectivity index (χ1) is 10.1. The van der Waals surface area contributed by atoms with Crippen molar-refractivity contribution in [2.45, 2.75) is 0 Å². The molecule has 3 aromatic rings. The van der Waals surface area contributed by atoms with Gasteiger partial charge in [0.05, 0.1) is 5.69 Å². The monoisotopic (exact) mass is 281 g/mol. The van der Waals surface area contributed by atoms with E-state index in [9.17, 15) is 9.18 Å². The number of hydrogen-bond donors (Lipinski definition) is 2. The minimum Gasteiger partial charge on any atom is -0.399 e. The van der Waals surface area contributed by atoms with Crippen LogP contribution in [0.15, 0.2) is 54.9 Å². The summed E-state index contributed by atoms with van der Waals surface area (Å²) in [5.74, 6) is -0.961. The quantitative estimate of drug-likeness (QED) is 0.709. The Balaban J connectivity index is 1.96. The smallest absolute Gasteiger partial charge is 0.255 e. The Morgan fingerprint density at radius 1 is 1.19 bits per heavy atom. The van der Waals surface area contributed by atoms with E-state index in [1.54, 1.807) is 18.5 Å². The third-order valence-corrected chi connectivity index (χ3v) is 3.11. The molecule has 104 valence electrons. The maximum atomic E-state index is 13.3. The molecule has 2 aromatic carbocycles. The van der Waals surface area contributed by atoms with Crippen LogP contribution in [0.2, 0.25) is 0 Å². The average Bonchev–Trinajstić information content (AvgIpc) is 2.46. The van der Waals surface area contributed by atoms with Gasteiger partial charge in [0.1, 0.15) is 5.82 Å². The SMILES string of the molecule is Nc1cc(F)cc(C(=O)Nc2cccc3ccncc23)c1. The number of rotatable bonds is 2. The number of carbonyl (C=O) groups is 1. The molecule has 1 amide bonds. The van der Waals surface area contributed by atoms with Crippen LogP contribution in [-0.2, 0) is 0 Å². The summed E-state index contributed by atoms with van der Waals surface area (Å²) < 4.78 is 13.3. The summed E-state index contributed by atoms with van der Waals surface area (Å²) in [5.41, 5.74) is 6.55. The molecular weight excluding hydrogens is 269 g/mol. The van der Waals surface area contributed by atoms with E-state index in [2.05, 4.69) is 10.3 Å². The average molecular weight is 281 g/mol. The zero-order valence-corrected chi connectivity index (χ0v) is 11.0. The van der Waals surface area contributed by atoms with Gasteiger partial charge in [-0.15, -0.1) is 0 Å². The number of nitrogen functional groups attached to an aromatic ring is 1. The number of pyridine rings is 1. The molecular formula is C16H12FN3O. The van der Waals surface area contributed by atoms with Gasteiger partial charge in [0.25, 0.3) is 5.91 Å².